The molecule has 2 aliphatic heterocycles. The lowest BCUT2D eigenvalue weighted by molar-refractivity contribution is 0.499. The zero-order chi connectivity index (χ0) is 11.8. The molecule has 2 aliphatic rings. The molecule has 17 heavy (non-hydrogen) atoms. The van der Waals surface area contributed by atoms with Crippen LogP contribution in [0.3, 0.4) is 0 Å². The van der Waals surface area contributed by atoms with E-state index >= 15 is 0 Å². The van der Waals surface area contributed by atoms with Gasteiger partial charge in [0, 0.05) is 11.3 Å². The van der Waals surface area contributed by atoms with Crippen molar-refractivity contribution in [2.24, 2.45) is 4.99 Å². The van der Waals surface area contributed by atoms with Crippen LogP contribution >= 0.6 is 35.7 Å². The Kier molecular flexibility index (Phi) is 3.15. The first-order valence-corrected chi connectivity index (χ1v) is 8.20. The second-order valence-corrected chi connectivity index (χ2v) is 6.17. The third-order valence-electron chi connectivity index (χ3n) is 3.00. The van der Waals surface area contributed by atoms with Crippen LogP contribution in [0.4, 0.5) is 5.69 Å². The van der Waals surface area contributed by atoms with Crippen molar-refractivity contribution in [3.05, 3.63) is 29.8 Å². The molecule has 0 saturated carbocycles. The van der Waals surface area contributed by atoms with Gasteiger partial charge < -0.3 is 4.90 Å². The Morgan fingerprint density at radius 1 is 1.47 bits per heavy atom. The van der Waals surface area contributed by atoms with Crippen LogP contribution in [-0.4, -0.2) is 38.9 Å². The van der Waals surface area contributed by atoms with E-state index in [1.807, 2.05) is 30.0 Å². The first-order chi connectivity index (χ1) is 8.31. The topological polar surface area (TPSA) is 15.6 Å². The molecular weight excluding hydrogens is 268 g/mol. The van der Waals surface area contributed by atoms with Crippen LogP contribution < -0.4 is 0 Å². The fourth-order valence-corrected chi connectivity index (χ4v) is 4.53. The molecular formula is C12H12N2S3. The molecule has 3 rings (SSSR count). The molecule has 2 nitrogen and oxygen atoms in total. The number of thiocarbonyl (C=S) groups is 1. The number of thioether (sulfide) groups is 2. The predicted octanol–water partition coefficient (Wildman–Crippen LogP) is 3.14. The fraction of sp³-hybridized carbons (Fsp3) is 0.333. The van der Waals surface area contributed by atoms with Gasteiger partial charge in [-0.1, -0.05) is 24.4 Å². The summed E-state index contributed by atoms with van der Waals surface area (Å²) in [6.45, 7) is 0. The Morgan fingerprint density at radius 2 is 2.29 bits per heavy atom. The van der Waals surface area contributed by atoms with E-state index in [9.17, 15) is 0 Å². The van der Waals surface area contributed by atoms with Crippen molar-refractivity contribution in [2.45, 2.75) is 6.04 Å². The summed E-state index contributed by atoms with van der Waals surface area (Å²) < 4.78 is 0. The Bertz CT molecular complexity index is 498. The van der Waals surface area contributed by atoms with Crippen molar-refractivity contribution >= 4 is 51.5 Å². The molecule has 0 aromatic heterocycles. The zero-order valence-electron chi connectivity index (χ0n) is 9.42. The van der Waals surface area contributed by atoms with Gasteiger partial charge in [-0.25, -0.2) is 4.99 Å². The Balaban J connectivity index is 2.15. The third kappa shape index (κ3) is 1.90. The summed E-state index contributed by atoms with van der Waals surface area (Å²) in [7, 11) is 0. The van der Waals surface area contributed by atoms with Crippen LogP contribution in [0, 0.1) is 0 Å². The molecule has 0 bridgehead atoms. The van der Waals surface area contributed by atoms with Crippen LogP contribution in [0.15, 0.2) is 29.3 Å². The van der Waals surface area contributed by atoms with E-state index in [2.05, 4.69) is 17.2 Å². The molecule has 1 fully saturated rings. The van der Waals surface area contributed by atoms with E-state index in [4.69, 9.17) is 17.2 Å². The molecule has 0 N–H and O–H groups in total. The monoisotopic (exact) mass is 280 g/mol. The first-order valence-electron chi connectivity index (χ1n) is 5.41. The highest BCUT2D eigenvalue weighted by Gasteiger charge is 2.34. The number of benzene rings is 1. The van der Waals surface area contributed by atoms with Gasteiger partial charge in [-0.05, 0) is 18.4 Å². The molecule has 0 aliphatic carbocycles. The molecule has 0 radical (unpaired) electrons. The Morgan fingerprint density at radius 3 is 3.12 bits per heavy atom. The highest BCUT2D eigenvalue weighted by atomic mass is 32.2. The normalized spacial score (nSPS) is 22.9. The number of hydrogen-bond acceptors (Lipinski definition) is 4. The van der Waals surface area contributed by atoms with Gasteiger partial charge in [-0.2, -0.15) is 0 Å². The molecule has 1 saturated heterocycles. The molecule has 0 unspecified atom stereocenters. The van der Waals surface area contributed by atoms with Crippen molar-refractivity contribution in [2.75, 3.05) is 17.9 Å². The average molecular weight is 280 g/mol. The smallest absolute Gasteiger partial charge is 0.112 e. The second kappa shape index (κ2) is 4.63. The molecule has 5 heteroatoms. The van der Waals surface area contributed by atoms with Gasteiger partial charge in [0.15, 0.2) is 0 Å². The average Bonchev–Trinajstić information content (AvgIpc) is 2.81. The van der Waals surface area contributed by atoms with Crippen LogP contribution in [0.5, 0.6) is 0 Å². The van der Waals surface area contributed by atoms with E-state index in [1.54, 1.807) is 11.8 Å². The number of nitrogens with zero attached hydrogens (tertiary/aromatic N) is 2. The maximum atomic E-state index is 5.62. The molecule has 0 amide bonds. The minimum atomic E-state index is 0.370. The van der Waals surface area contributed by atoms with Crippen LogP contribution in [0.25, 0.3) is 0 Å². The molecule has 1 atom stereocenters. The lowest BCUT2D eigenvalue weighted by atomic mass is 10.1. The highest BCUT2D eigenvalue weighted by molar-refractivity contribution is 8.13. The number of hydrogen-bond donors (Lipinski definition) is 0. The van der Waals surface area contributed by atoms with Crippen molar-refractivity contribution in [3.63, 3.8) is 0 Å². The number of para-hydroxylation sites is 1. The largest absolute Gasteiger partial charge is 0.343 e. The van der Waals surface area contributed by atoms with E-state index in [-0.39, 0.29) is 0 Å². The van der Waals surface area contributed by atoms with Crippen LogP contribution in [0.2, 0.25) is 0 Å². The van der Waals surface area contributed by atoms with Crippen molar-refractivity contribution in [1.29, 1.82) is 0 Å². The van der Waals surface area contributed by atoms with Crippen molar-refractivity contribution in [1.82, 2.24) is 4.90 Å². The number of fused-ring (bicyclic) bond motifs is 2. The van der Waals surface area contributed by atoms with Crippen LogP contribution in [0.1, 0.15) is 5.56 Å². The van der Waals surface area contributed by atoms with Gasteiger partial charge >= 0.3 is 0 Å². The Hall–Kier alpha value is -0.520. The van der Waals surface area contributed by atoms with Crippen LogP contribution in [-0.2, 0) is 0 Å². The third-order valence-corrected chi connectivity index (χ3v) is 5.25. The maximum absolute atomic E-state index is 5.62. The van der Waals surface area contributed by atoms with Gasteiger partial charge in [0.05, 0.1) is 22.6 Å². The molecule has 1 aromatic rings. The summed E-state index contributed by atoms with van der Waals surface area (Å²) in [5.74, 6) is 2.07. The van der Waals surface area contributed by atoms with Crippen molar-refractivity contribution < 1.29 is 0 Å². The van der Waals surface area contributed by atoms with E-state index in [0.717, 1.165) is 27.9 Å². The summed E-state index contributed by atoms with van der Waals surface area (Å²) in [6, 6.07) is 8.55. The van der Waals surface area contributed by atoms with Gasteiger partial charge in [-0.3, -0.25) is 0 Å². The van der Waals surface area contributed by atoms with Gasteiger partial charge in [0.2, 0.25) is 0 Å². The summed E-state index contributed by atoms with van der Waals surface area (Å²) >= 11 is 9.28. The van der Waals surface area contributed by atoms with Crippen molar-refractivity contribution in [3.8, 4) is 0 Å². The molecule has 1 aromatic carbocycles. The highest BCUT2D eigenvalue weighted by Crippen LogP contribution is 2.34. The van der Waals surface area contributed by atoms with Gasteiger partial charge in [0.25, 0.3) is 0 Å². The SMILES string of the molecule is CSC1=Nc2ccccc2C(=S)N2CSC[C@@H]12. The minimum absolute atomic E-state index is 0.370. The van der Waals surface area contributed by atoms with E-state index in [0.29, 0.717) is 6.04 Å². The zero-order valence-corrected chi connectivity index (χ0v) is 11.9. The summed E-state index contributed by atoms with van der Waals surface area (Å²) in [4.78, 5) is 8.04. The summed E-state index contributed by atoms with van der Waals surface area (Å²) in [5, 5.41) is 1.18. The van der Waals surface area contributed by atoms with E-state index in [1.165, 1.54) is 5.04 Å². The first kappa shape index (κ1) is 11.6. The molecule has 2 heterocycles. The van der Waals surface area contributed by atoms with E-state index < -0.39 is 0 Å². The van der Waals surface area contributed by atoms with Gasteiger partial charge in [-0.15, -0.1) is 23.5 Å². The van der Waals surface area contributed by atoms with Gasteiger partial charge in [0.1, 0.15) is 4.99 Å². The summed E-state index contributed by atoms with van der Waals surface area (Å²) in [6.07, 6.45) is 2.09. The standard InChI is InChI=1S/C12H12N2S3/c1-16-11-10-6-17-7-14(10)12(15)8-4-2-3-5-9(8)13-11/h2-5,10H,6-7H2,1H3/t10-/m0/s1. The number of rotatable bonds is 0. The summed E-state index contributed by atoms with van der Waals surface area (Å²) in [5.41, 5.74) is 2.11. The molecule has 88 valence electrons. The lowest BCUT2D eigenvalue weighted by Gasteiger charge is -2.24. The minimum Gasteiger partial charge on any atom is -0.343 e. The Labute approximate surface area is 115 Å². The fourth-order valence-electron chi connectivity index (χ4n) is 2.13. The number of aliphatic imine (C=N–C) groups is 1. The predicted molar refractivity (Wildman–Crippen MR) is 81.7 cm³/mol. The second-order valence-electron chi connectivity index (χ2n) is 3.96. The maximum Gasteiger partial charge on any atom is 0.112 e. The molecule has 0 spiro atoms. The quantitative estimate of drug-likeness (QED) is 0.678. The lowest BCUT2D eigenvalue weighted by Crippen LogP contribution is -2.39.